The molecule has 0 aliphatic rings. The lowest BCUT2D eigenvalue weighted by Crippen LogP contribution is -2.36. The van der Waals surface area contributed by atoms with Crippen LogP contribution in [0.5, 0.6) is 0 Å². The number of aromatic nitrogens is 8. The van der Waals surface area contributed by atoms with Gasteiger partial charge in [-0.2, -0.15) is 18.3 Å². The van der Waals surface area contributed by atoms with Gasteiger partial charge in [0.25, 0.3) is 0 Å². The minimum absolute atomic E-state index is 0.0653. The number of hydrogen-bond acceptors (Lipinski definition) is 0. The highest BCUT2D eigenvalue weighted by Gasteiger charge is 2.30. The average Bonchev–Trinajstić information content (AvgIpc) is 0.774. The molecular weight excluding hydrogens is 1360 g/mol. The number of aryl methyl sites for hydroxylation is 10. The number of fused-ring (bicyclic) bond motifs is 5. The number of hydrogen-bond donors (Lipinski definition) is 0. The van der Waals surface area contributed by atoms with E-state index >= 15 is 0 Å². The maximum Gasteiger partial charge on any atom is 0.220 e. The lowest BCUT2D eigenvalue weighted by atomic mass is 9.84. The number of pyridine rings is 8. The molecule has 0 saturated heterocycles. The number of nitrogens with zero attached hydrogens (tertiary/aromatic N) is 9. The molecule has 0 saturated carbocycles. The first kappa shape index (κ1) is 75.8. The number of rotatable bonds is 8. The first-order valence-electron chi connectivity index (χ1n) is 38.7. The van der Waals surface area contributed by atoms with Gasteiger partial charge < -0.3 is 0 Å². The van der Waals surface area contributed by atoms with E-state index in [0.717, 1.165) is 28.2 Å². The molecule has 0 radical (unpaired) electrons. The summed E-state index contributed by atoms with van der Waals surface area (Å²) in [6, 6.07) is 90.7. The van der Waals surface area contributed by atoms with Crippen LogP contribution in [0.4, 0.5) is 5.69 Å². The van der Waals surface area contributed by atoms with E-state index in [4.69, 9.17) is 6.57 Å². The van der Waals surface area contributed by atoms with Gasteiger partial charge in [-0.05, 0) is 145 Å². The molecule has 0 N–H and O–H groups in total. The van der Waals surface area contributed by atoms with Crippen LogP contribution in [0.2, 0.25) is 0 Å². The normalized spacial score (nSPS) is 11.2. The lowest BCUT2D eigenvalue weighted by Gasteiger charge is -2.21. The van der Waals surface area contributed by atoms with E-state index in [-0.39, 0.29) is 5.41 Å². The molecule has 8 heterocycles. The molecule has 0 amide bonds. The van der Waals surface area contributed by atoms with Crippen LogP contribution in [0.3, 0.4) is 0 Å². The molecule has 0 aliphatic heterocycles. The van der Waals surface area contributed by atoms with Gasteiger partial charge in [0.05, 0.1) is 28.6 Å². The van der Waals surface area contributed by atoms with Crippen molar-refractivity contribution in [3.05, 3.63) is 377 Å². The van der Waals surface area contributed by atoms with E-state index in [1.807, 2.05) is 24.3 Å². The first-order chi connectivity index (χ1) is 53.9. The highest BCUT2D eigenvalue weighted by Crippen LogP contribution is 2.37. The van der Waals surface area contributed by atoms with Gasteiger partial charge in [0.1, 0.15) is 28.2 Å². The molecule has 9 heteroatoms. The Kier molecular flexibility index (Phi) is 21.6. The Bertz CT molecular complexity index is 6570. The van der Waals surface area contributed by atoms with E-state index in [1.54, 1.807) is 0 Å². The van der Waals surface area contributed by atoms with Crippen LogP contribution in [0.25, 0.3) is 126 Å². The van der Waals surface area contributed by atoms with Crippen LogP contribution >= 0.6 is 0 Å². The Morgan fingerprint density at radius 1 is 0.277 bits per heavy atom. The summed E-state index contributed by atoms with van der Waals surface area (Å²) in [5.41, 5.74) is 29.0. The molecule has 17 rings (SSSR count). The third kappa shape index (κ3) is 15.5. The van der Waals surface area contributed by atoms with Gasteiger partial charge in [-0.25, -0.2) is 23.1 Å². The van der Waals surface area contributed by atoms with Crippen molar-refractivity contribution < 1.29 is 36.5 Å². The molecular formula is C103H101N9+8. The Hall–Kier alpha value is -13.0. The third-order valence-corrected chi connectivity index (χ3v) is 22.2. The summed E-state index contributed by atoms with van der Waals surface area (Å²) in [5, 5.41) is 12.5. The maximum atomic E-state index is 7.58. The minimum Gasteiger partial charge on any atom is -0.238 e. The fourth-order valence-corrected chi connectivity index (χ4v) is 15.9. The average molecular weight is 1470 g/mol. The zero-order valence-corrected chi connectivity index (χ0v) is 67.9. The molecule has 0 spiro atoms. The summed E-state index contributed by atoms with van der Waals surface area (Å²) in [6.07, 6.45) is 17.4. The molecule has 550 valence electrons. The van der Waals surface area contributed by atoms with Crippen LogP contribution in [0.15, 0.2) is 304 Å². The smallest absolute Gasteiger partial charge is 0.220 e. The van der Waals surface area contributed by atoms with Gasteiger partial charge in [0.2, 0.25) is 45.5 Å². The van der Waals surface area contributed by atoms with E-state index < -0.39 is 0 Å². The first-order valence-corrected chi connectivity index (χ1v) is 38.7. The van der Waals surface area contributed by atoms with Crippen molar-refractivity contribution in [1.82, 2.24) is 0 Å². The van der Waals surface area contributed by atoms with E-state index in [1.165, 1.54) is 155 Å². The van der Waals surface area contributed by atoms with E-state index in [0.29, 0.717) is 5.69 Å². The molecule has 0 fully saturated rings. The predicted octanol–water partition coefficient (Wildman–Crippen LogP) is 20.5. The van der Waals surface area contributed by atoms with Crippen LogP contribution in [0.1, 0.15) is 82.5 Å². The van der Waals surface area contributed by atoms with Crippen molar-refractivity contribution in [2.24, 2.45) is 28.2 Å². The standard InChI is InChI=1S/C28H26N2.C27H30N2.C24H21N3.C24H24N2/c1-19-15-26(28-25-12-8-7-9-22(25)13-14-29(28)4)21(3)27(16-19)30-18-24-11-6-5-10-23(24)17-20(30)2;1-19-11-9-10-14-29(19)25-17-23(27(3,4)5)16-24(20(25)2)26-15-21-12-7-8-13-22(21)18-28(26)6;1-17-9-7-8-12-27(17)23-15-21(25-3)14-22(18(23)2)24-13-19-10-5-6-11-20(19)16-26(24)4;1-17-13-22(19(3)23(14-17)26-12-8-7-9-18(26)2)24-15-20-10-5-6-11-21(20)16-25(24)4/h5-18H,1-4H3;7-18H,1-6H3;5-16H,1-2,4H3;5-16H,1-4H3/q4*+2. The predicted molar refractivity (Wildman–Crippen MR) is 458 cm³/mol. The summed E-state index contributed by atoms with van der Waals surface area (Å²) in [7, 11) is 8.47. The third-order valence-electron chi connectivity index (χ3n) is 22.2. The Balaban J connectivity index is 0.000000124. The highest BCUT2D eigenvalue weighted by atomic mass is 15.0. The molecule has 17 aromatic rings. The minimum atomic E-state index is 0.0653. The number of benzene rings is 9. The SMILES string of the molecule is Cc1c(-c2cc3ccccc3c[n+]2C)cc(C(C)(C)C)cc1-[n+]1ccccc1C.Cc1cc(-c2c3ccccc3cc[n+]2C)c(C)c(-[n+]2cc3ccccc3cc2C)c1.Cc1cc(-c2cc3ccccc3c[n+]2C)c(C)c(-[n+]2ccccc2C)c1.[C-]#[N+]c1cc(-c2cc3ccccc3c[n+]2C)c(C)c(-[n+]2ccccc2C)c1. The molecule has 0 unspecified atom stereocenters. The second-order valence-electron chi connectivity index (χ2n) is 31.2. The fourth-order valence-electron chi connectivity index (χ4n) is 15.9. The van der Waals surface area contributed by atoms with Crippen LogP contribution < -0.4 is 36.5 Å². The lowest BCUT2D eigenvalue weighted by molar-refractivity contribution is -0.659. The van der Waals surface area contributed by atoms with Gasteiger partial charge in [-0.15, -0.1) is 0 Å². The van der Waals surface area contributed by atoms with Crippen molar-refractivity contribution in [2.75, 3.05) is 0 Å². The van der Waals surface area contributed by atoms with Crippen LogP contribution in [0, 0.1) is 75.8 Å². The summed E-state index contributed by atoms with van der Waals surface area (Å²) in [4.78, 5) is 3.73. The highest BCUT2D eigenvalue weighted by molar-refractivity contribution is 5.94. The topological polar surface area (TPSA) is 35.4 Å². The second-order valence-corrected chi connectivity index (χ2v) is 31.2. The zero-order valence-electron chi connectivity index (χ0n) is 67.9. The Morgan fingerprint density at radius 3 is 1.06 bits per heavy atom. The molecule has 9 nitrogen and oxygen atoms in total. The summed E-state index contributed by atoms with van der Waals surface area (Å²) in [6.45, 7) is 36.2. The van der Waals surface area contributed by atoms with E-state index in [9.17, 15) is 0 Å². The molecule has 0 atom stereocenters. The molecule has 8 aromatic heterocycles. The quantitative estimate of drug-likeness (QED) is 0.107. The monoisotopic (exact) mass is 1460 g/mol. The molecule has 112 heavy (non-hydrogen) atoms. The van der Waals surface area contributed by atoms with Crippen molar-refractivity contribution >= 4 is 59.5 Å². The maximum absolute atomic E-state index is 7.58. The van der Waals surface area contributed by atoms with Crippen molar-refractivity contribution in [3.8, 4) is 67.8 Å². The molecule has 0 aliphatic carbocycles. The van der Waals surface area contributed by atoms with Crippen LogP contribution in [-0.2, 0) is 33.6 Å². The Labute approximate surface area is 660 Å². The summed E-state index contributed by atoms with van der Waals surface area (Å²) < 4.78 is 17.9. The fraction of sp³-hybridized carbons (Fsp3) is 0.175. The Morgan fingerprint density at radius 2 is 0.625 bits per heavy atom. The van der Waals surface area contributed by atoms with Gasteiger partial charge in [0, 0.05) is 168 Å². The van der Waals surface area contributed by atoms with Gasteiger partial charge in [0.15, 0.2) is 78.0 Å². The molecule has 0 bridgehead atoms. The summed E-state index contributed by atoms with van der Waals surface area (Å²) in [5.74, 6) is 0. The zero-order chi connectivity index (χ0) is 78.8. The van der Waals surface area contributed by atoms with Gasteiger partial charge in [-0.3, -0.25) is 0 Å². The van der Waals surface area contributed by atoms with Gasteiger partial charge in [-0.1, -0.05) is 130 Å². The van der Waals surface area contributed by atoms with Crippen molar-refractivity contribution in [3.63, 3.8) is 0 Å². The second kappa shape index (κ2) is 31.9. The largest absolute Gasteiger partial charge is 0.238 e. The summed E-state index contributed by atoms with van der Waals surface area (Å²) >= 11 is 0. The van der Waals surface area contributed by atoms with Crippen molar-refractivity contribution in [1.29, 1.82) is 0 Å². The molecule has 9 aromatic carbocycles. The van der Waals surface area contributed by atoms with Crippen LogP contribution in [-0.4, -0.2) is 0 Å². The van der Waals surface area contributed by atoms with Crippen molar-refractivity contribution in [2.45, 2.75) is 95.4 Å². The van der Waals surface area contributed by atoms with Gasteiger partial charge >= 0.3 is 0 Å². The van der Waals surface area contributed by atoms with E-state index in [2.05, 4.69) is 440 Å².